The minimum Gasteiger partial charge on any atom is -0.504 e. The van der Waals surface area contributed by atoms with Crippen LogP contribution in [0.1, 0.15) is 17.2 Å². The number of allylic oxidation sites excluding steroid dienone is 1. The predicted molar refractivity (Wildman–Crippen MR) is 104 cm³/mol. The van der Waals surface area contributed by atoms with Crippen molar-refractivity contribution in [2.75, 3.05) is 27.9 Å². The molecule has 2 atom stereocenters. The second-order valence-corrected chi connectivity index (χ2v) is 5.83. The molecule has 2 rings (SSSR count). The maximum Gasteiger partial charge on any atom is 0.162 e. The van der Waals surface area contributed by atoms with Crippen LogP contribution in [0.15, 0.2) is 42.5 Å². The number of carbonyl (C=O) groups excluding carboxylic acids is 1. The van der Waals surface area contributed by atoms with E-state index in [0.717, 1.165) is 5.56 Å². The van der Waals surface area contributed by atoms with Crippen LogP contribution < -0.4 is 14.2 Å². The maximum atomic E-state index is 10.5. The molecule has 0 fully saturated rings. The van der Waals surface area contributed by atoms with E-state index in [2.05, 4.69) is 0 Å². The van der Waals surface area contributed by atoms with Gasteiger partial charge in [-0.25, -0.2) is 0 Å². The number of aliphatic hydroxyl groups excluding tert-OH is 1. The summed E-state index contributed by atoms with van der Waals surface area (Å²) >= 11 is 0. The Hall–Kier alpha value is -3.03. The Morgan fingerprint density at radius 2 is 1.75 bits per heavy atom. The minimum absolute atomic E-state index is 0.00753. The molecule has 2 N–H and O–H groups in total. The third-order valence-corrected chi connectivity index (χ3v) is 4.16. The fourth-order valence-electron chi connectivity index (χ4n) is 2.70. The molecule has 0 saturated carbocycles. The Morgan fingerprint density at radius 3 is 2.36 bits per heavy atom. The maximum absolute atomic E-state index is 10.5. The molecular formula is C21H24O7. The van der Waals surface area contributed by atoms with E-state index < -0.39 is 12.2 Å². The third-order valence-electron chi connectivity index (χ3n) is 4.16. The standard InChI is InChI=1S/C21H24O7/c1-25-18-12-15(7-8-16(18)24)21(20(13-23)27-3)28-17-9-6-14(5-4-10-22)11-19(17)26-2/h4-12,20-21,23-24H,13H2,1-3H3/t20-,21+/m1/s1. The topological polar surface area (TPSA) is 94.5 Å². The number of aldehydes is 1. The highest BCUT2D eigenvalue weighted by Crippen LogP contribution is 2.36. The number of hydrogen-bond donors (Lipinski definition) is 2. The zero-order valence-electron chi connectivity index (χ0n) is 16.0. The Balaban J connectivity index is 2.43. The van der Waals surface area contributed by atoms with Gasteiger partial charge in [0.2, 0.25) is 0 Å². The van der Waals surface area contributed by atoms with E-state index >= 15 is 0 Å². The van der Waals surface area contributed by atoms with Gasteiger partial charge in [0.05, 0.1) is 20.8 Å². The predicted octanol–water partition coefficient (Wildman–Crippen LogP) is 2.75. The van der Waals surface area contributed by atoms with Gasteiger partial charge < -0.3 is 29.2 Å². The number of aliphatic hydroxyl groups is 1. The van der Waals surface area contributed by atoms with Crippen molar-refractivity contribution in [1.29, 1.82) is 0 Å². The summed E-state index contributed by atoms with van der Waals surface area (Å²) in [6.07, 6.45) is 2.35. The molecule has 0 radical (unpaired) electrons. The second-order valence-electron chi connectivity index (χ2n) is 5.83. The van der Waals surface area contributed by atoms with Gasteiger partial charge in [0.1, 0.15) is 12.4 Å². The van der Waals surface area contributed by atoms with Crippen molar-refractivity contribution in [3.05, 3.63) is 53.6 Å². The van der Waals surface area contributed by atoms with E-state index in [0.29, 0.717) is 23.3 Å². The van der Waals surface area contributed by atoms with E-state index in [1.807, 2.05) is 0 Å². The summed E-state index contributed by atoms with van der Waals surface area (Å²) in [5.41, 5.74) is 1.41. The largest absolute Gasteiger partial charge is 0.504 e. The SMILES string of the molecule is COc1cc([C@H](Oc2ccc(C=CC=O)cc2OC)[C@@H](CO)OC)ccc1O. The molecule has 0 unspecified atom stereocenters. The molecule has 2 aromatic rings. The summed E-state index contributed by atoms with van der Waals surface area (Å²) in [6.45, 7) is -0.285. The molecule has 2 aromatic carbocycles. The zero-order valence-corrected chi connectivity index (χ0v) is 16.0. The summed E-state index contributed by atoms with van der Waals surface area (Å²) in [4.78, 5) is 10.5. The van der Waals surface area contributed by atoms with Gasteiger partial charge in [0.15, 0.2) is 29.1 Å². The number of phenolic OH excluding ortho intramolecular Hbond substituents is 1. The van der Waals surface area contributed by atoms with E-state index in [1.54, 1.807) is 36.4 Å². The number of carbonyl (C=O) groups is 1. The monoisotopic (exact) mass is 388 g/mol. The molecule has 0 aliphatic heterocycles. The number of benzene rings is 2. The normalized spacial score (nSPS) is 13.1. The highest BCUT2D eigenvalue weighted by atomic mass is 16.6. The molecule has 7 nitrogen and oxygen atoms in total. The quantitative estimate of drug-likeness (QED) is 0.477. The minimum atomic E-state index is -0.699. The first kappa shape index (κ1) is 21.3. The smallest absolute Gasteiger partial charge is 0.162 e. The van der Waals surface area contributed by atoms with Gasteiger partial charge in [0, 0.05) is 7.11 Å². The highest BCUT2D eigenvalue weighted by molar-refractivity contribution is 5.74. The van der Waals surface area contributed by atoms with E-state index in [-0.39, 0.29) is 18.1 Å². The van der Waals surface area contributed by atoms with Gasteiger partial charge in [-0.05, 0) is 41.5 Å². The van der Waals surface area contributed by atoms with Crippen LogP contribution in [-0.4, -0.2) is 50.5 Å². The third kappa shape index (κ3) is 5.03. The molecule has 7 heteroatoms. The number of phenols is 1. The van der Waals surface area contributed by atoms with Crippen LogP contribution in [0.3, 0.4) is 0 Å². The van der Waals surface area contributed by atoms with Crippen molar-refractivity contribution in [1.82, 2.24) is 0 Å². The van der Waals surface area contributed by atoms with Crippen molar-refractivity contribution in [2.45, 2.75) is 12.2 Å². The molecular weight excluding hydrogens is 364 g/mol. The number of rotatable bonds is 10. The van der Waals surface area contributed by atoms with Crippen molar-refractivity contribution in [3.8, 4) is 23.0 Å². The zero-order chi connectivity index (χ0) is 20.5. The lowest BCUT2D eigenvalue weighted by Gasteiger charge is -2.27. The molecule has 0 heterocycles. The number of aromatic hydroxyl groups is 1. The molecule has 150 valence electrons. The van der Waals surface area contributed by atoms with Crippen molar-refractivity contribution in [2.24, 2.45) is 0 Å². The van der Waals surface area contributed by atoms with Gasteiger partial charge >= 0.3 is 0 Å². The summed E-state index contributed by atoms with van der Waals surface area (Å²) in [6, 6.07) is 9.97. The van der Waals surface area contributed by atoms with Crippen LogP contribution in [0.4, 0.5) is 0 Å². The Labute approximate surface area is 163 Å². The first-order valence-electron chi connectivity index (χ1n) is 8.55. The second kappa shape index (κ2) is 10.3. The molecule has 0 bridgehead atoms. The number of ether oxygens (including phenoxy) is 4. The van der Waals surface area contributed by atoms with Crippen LogP contribution in [0, 0.1) is 0 Å². The van der Waals surface area contributed by atoms with Gasteiger partial charge in [0.25, 0.3) is 0 Å². The van der Waals surface area contributed by atoms with E-state index in [1.165, 1.54) is 33.5 Å². The first-order valence-corrected chi connectivity index (χ1v) is 8.55. The summed E-state index contributed by atoms with van der Waals surface area (Å²) in [5, 5.41) is 19.6. The molecule has 0 amide bonds. The fourth-order valence-corrected chi connectivity index (χ4v) is 2.70. The van der Waals surface area contributed by atoms with Crippen molar-refractivity contribution < 1.29 is 34.0 Å². The summed E-state index contributed by atoms with van der Waals surface area (Å²) in [5.74, 6) is 1.15. The van der Waals surface area contributed by atoms with Gasteiger partial charge in [-0.3, -0.25) is 4.79 Å². The lowest BCUT2D eigenvalue weighted by Crippen LogP contribution is -2.29. The van der Waals surface area contributed by atoms with Crippen LogP contribution in [0.5, 0.6) is 23.0 Å². The Morgan fingerprint density at radius 1 is 1.00 bits per heavy atom. The molecule has 0 saturated heterocycles. The number of hydrogen-bond acceptors (Lipinski definition) is 7. The van der Waals surface area contributed by atoms with Crippen molar-refractivity contribution >= 4 is 12.4 Å². The highest BCUT2D eigenvalue weighted by Gasteiger charge is 2.27. The molecule has 0 aliphatic rings. The van der Waals surface area contributed by atoms with Gasteiger partial charge in [-0.15, -0.1) is 0 Å². The lowest BCUT2D eigenvalue weighted by atomic mass is 10.0. The van der Waals surface area contributed by atoms with Crippen LogP contribution in [0.25, 0.3) is 6.08 Å². The molecule has 0 aromatic heterocycles. The van der Waals surface area contributed by atoms with E-state index in [4.69, 9.17) is 18.9 Å². The summed E-state index contributed by atoms with van der Waals surface area (Å²) < 4.78 is 22.1. The molecule has 0 aliphatic carbocycles. The Kier molecular flexibility index (Phi) is 7.86. The van der Waals surface area contributed by atoms with Crippen LogP contribution >= 0.6 is 0 Å². The first-order chi connectivity index (χ1) is 13.6. The van der Waals surface area contributed by atoms with Gasteiger partial charge in [-0.2, -0.15) is 0 Å². The van der Waals surface area contributed by atoms with Crippen molar-refractivity contribution in [3.63, 3.8) is 0 Å². The van der Waals surface area contributed by atoms with Gasteiger partial charge in [-0.1, -0.05) is 18.2 Å². The molecule has 28 heavy (non-hydrogen) atoms. The number of methoxy groups -OCH3 is 3. The average molecular weight is 388 g/mol. The fraction of sp³-hybridized carbons (Fsp3) is 0.286. The lowest BCUT2D eigenvalue weighted by molar-refractivity contribution is -0.104. The Bertz CT molecular complexity index is 812. The molecule has 0 spiro atoms. The van der Waals surface area contributed by atoms with E-state index in [9.17, 15) is 15.0 Å². The van der Waals surface area contributed by atoms with Crippen LogP contribution in [-0.2, 0) is 9.53 Å². The van der Waals surface area contributed by atoms with Crippen LogP contribution in [0.2, 0.25) is 0 Å². The summed E-state index contributed by atoms with van der Waals surface area (Å²) in [7, 11) is 4.43. The average Bonchev–Trinajstić information content (AvgIpc) is 2.73.